The smallest absolute Gasteiger partial charge is 0.417 e. The van der Waals surface area contributed by atoms with E-state index in [0.29, 0.717) is 6.07 Å². The highest BCUT2D eigenvalue weighted by molar-refractivity contribution is 8.18. The molecule has 0 saturated carbocycles. The van der Waals surface area contributed by atoms with Gasteiger partial charge < -0.3 is 4.74 Å². The quantitative estimate of drug-likeness (QED) is 0.289. The Labute approximate surface area is 142 Å². The molecule has 1 aromatic rings. The zero-order valence-corrected chi connectivity index (χ0v) is 13.2. The van der Waals surface area contributed by atoms with E-state index in [0.717, 1.165) is 43.3 Å². The Bertz CT molecular complexity index is 803. The van der Waals surface area contributed by atoms with Gasteiger partial charge in [0.25, 0.3) is 5.91 Å². The van der Waals surface area contributed by atoms with Crippen LogP contribution >= 0.6 is 11.8 Å². The fourth-order valence-corrected chi connectivity index (χ4v) is 2.41. The van der Waals surface area contributed by atoms with Crippen molar-refractivity contribution < 1.29 is 31.9 Å². The normalized spacial score (nSPS) is 18.2. The largest absolute Gasteiger partial charge is 0.466 e. The summed E-state index contributed by atoms with van der Waals surface area (Å²) >= 11 is 0.763. The first kappa shape index (κ1) is 18.6. The minimum atomic E-state index is -4.76. The molecule has 0 unspecified atom stereocenters. The number of amidine groups is 1. The first-order valence-corrected chi connectivity index (χ1v) is 7.29. The second-order valence-corrected chi connectivity index (χ2v) is 5.50. The number of carbonyl (C=O) groups excluding carboxylic acids is 2. The summed E-state index contributed by atoms with van der Waals surface area (Å²) in [7, 11) is 1.14. The predicted octanol–water partition coefficient (Wildman–Crippen LogP) is 2.45. The molecule has 0 radical (unpaired) electrons. The molecule has 1 aliphatic heterocycles. The number of hydrogen-bond donors (Lipinski definition) is 1. The SMILES string of the molecule is COC(=O)/C=C1/S/C(=N\N=Cc2ccc(F)cc2C(F)(F)F)NC1=O. The molecule has 6 nitrogen and oxygen atoms in total. The summed E-state index contributed by atoms with van der Waals surface area (Å²) in [5.74, 6) is -2.40. The minimum absolute atomic E-state index is 0.00133. The molecule has 1 aromatic carbocycles. The van der Waals surface area contributed by atoms with Gasteiger partial charge in [0.1, 0.15) is 5.82 Å². The molecule has 1 amide bonds. The fraction of sp³-hybridized carbons (Fsp3) is 0.143. The fourth-order valence-electron chi connectivity index (χ4n) is 1.67. The average molecular weight is 375 g/mol. The molecule has 1 N–H and O–H groups in total. The lowest BCUT2D eigenvalue weighted by Gasteiger charge is -2.09. The number of alkyl halides is 3. The number of nitrogens with one attached hydrogen (secondary N) is 1. The number of carbonyl (C=O) groups is 2. The van der Waals surface area contributed by atoms with Crippen molar-refractivity contribution in [2.45, 2.75) is 6.18 Å². The topological polar surface area (TPSA) is 80.1 Å². The van der Waals surface area contributed by atoms with Gasteiger partial charge in [-0.2, -0.15) is 18.3 Å². The van der Waals surface area contributed by atoms with Gasteiger partial charge in [-0.3, -0.25) is 10.1 Å². The summed E-state index contributed by atoms with van der Waals surface area (Å²) in [6, 6.07) is 2.11. The van der Waals surface area contributed by atoms with Crippen LogP contribution in [0.5, 0.6) is 0 Å². The highest BCUT2D eigenvalue weighted by Gasteiger charge is 2.33. The number of rotatable bonds is 3. The van der Waals surface area contributed by atoms with E-state index < -0.39 is 35.0 Å². The predicted molar refractivity (Wildman–Crippen MR) is 82.3 cm³/mol. The van der Waals surface area contributed by atoms with E-state index in [2.05, 4.69) is 20.3 Å². The van der Waals surface area contributed by atoms with Crippen LogP contribution < -0.4 is 5.32 Å². The number of thioether (sulfide) groups is 1. The van der Waals surface area contributed by atoms with Gasteiger partial charge in [0, 0.05) is 11.6 Å². The van der Waals surface area contributed by atoms with Crippen molar-refractivity contribution in [3.05, 3.63) is 46.1 Å². The molecule has 0 atom stereocenters. The highest BCUT2D eigenvalue weighted by Crippen LogP contribution is 2.32. The summed E-state index contributed by atoms with van der Waals surface area (Å²) in [4.78, 5) is 22.6. The Balaban J connectivity index is 2.19. The van der Waals surface area contributed by atoms with Crippen LogP contribution in [0, 0.1) is 5.82 Å². The van der Waals surface area contributed by atoms with Crippen LogP contribution in [0.4, 0.5) is 17.6 Å². The Morgan fingerprint density at radius 3 is 2.72 bits per heavy atom. The molecule has 0 spiro atoms. The van der Waals surface area contributed by atoms with Gasteiger partial charge in [-0.15, -0.1) is 5.10 Å². The molecule has 1 aliphatic rings. The van der Waals surface area contributed by atoms with Crippen molar-refractivity contribution in [3.8, 4) is 0 Å². The molecule has 0 aliphatic carbocycles. The Hall–Kier alpha value is -2.69. The van der Waals surface area contributed by atoms with Gasteiger partial charge in [0.2, 0.25) is 0 Å². The third kappa shape index (κ3) is 4.89. The summed E-state index contributed by atoms with van der Waals surface area (Å²) in [6.07, 6.45) is -3.04. The maximum Gasteiger partial charge on any atom is 0.417 e. The molecule has 1 saturated heterocycles. The zero-order valence-electron chi connectivity index (χ0n) is 12.4. The summed E-state index contributed by atoms with van der Waals surface area (Å²) in [5.41, 5.74) is -1.59. The number of amides is 1. The Morgan fingerprint density at radius 1 is 1.36 bits per heavy atom. The van der Waals surface area contributed by atoms with Crippen LogP contribution in [0.25, 0.3) is 0 Å². The van der Waals surface area contributed by atoms with Crippen molar-refractivity contribution in [2.24, 2.45) is 10.2 Å². The van der Waals surface area contributed by atoms with E-state index in [1.54, 1.807) is 0 Å². The second kappa shape index (κ2) is 7.47. The van der Waals surface area contributed by atoms with Crippen LogP contribution in [-0.4, -0.2) is 30.4 Å². The summed E-state index contributed by atoms with van der Waals surface area (Å²) < 4.78 is 55.9. The highest BCUT2D eigenvalue weighted by atomic mass is 32.2. The minimum Gasteiger partial charge on any atom is -0.466 e. The number of esters is 1. The molecule has 1 heterocycles. The summed E-state index contributed by atoms with van der Waals surface area (Å²) in [6.45, 7) is 0. The molecular weight excluding hydrogens is 366 g/mol. The molecule has 2 rings (SSSR count). The number of methoxy groups -OCH3 is 1. The first-order valence-electron chi connectivity index (χ1n) is 6.47. The van der Waals surface area contributed by atoms with Gasteiger partial charge in [-0.1, -0.05) is 0 Å². The van der Waals surface area contributed by atoms with Gasteiger partial charge in [-0.05, 0) is 30.0 Å². The van der Waals surface area contributed by atoms with Crippen LogP contribution in [0.1, 0.15) is 11.1 Å². The lowest BCUT2D eigenvalue weighted by atomic mass is 10.1. The third-order valence-corrected chi connectivity index (χ3v) is 3.67. The van der Waals surface area contributed by atoms with Crippen molar-refractivity contribution in [3.63, 3.8) is 0 Å². The maximum absolute atomic E-state index is 13.0. The van der Waals surface area contributed by atoms with Crippen LogP contribution in [0.3, 0.4) is 0 Å². The number of halogens is 4. The van der Waals surface area contributed by atoms with Crippen molar-refractivity contribution in [1.29, 1.82) is 0 Å². The Morgan fingerprint density at radius 2 is 2.08 bits per heavy atom. The lowest BCUT2D eigenvalue weighted by molar-refractivity contribution is -0.138. The van der Waals surface area contributed by atoms with Crippen molar-refractivity contribution in [1.82, 2.24) is 5.32 Å². The standard InChI is InChI=1S/C14H9F4N3O3S/c1-24-11(22)5-10-12(23)20-13(25-10)21-19-6-7-2-3-8(15)4-9(7)14(16,17)18/h2-6H,1H3,(H,20,21,23)/b10-5+,19-6?. The van der Waals surface area contributed by atoms with Crippen molar-refractivity contribution in [2.75, 3.05) is 7.11 Å². The number of benzene rings is 1. The number of hydrogen-bond acceptors (Lipinski definition) is 6. The van der Waals surface area contributed by atoms with Crippen molar-refractivity contribution >= 4 is 35.0 Å². The van der Waals surface area contributed by atoms with Crippen LogP contribution in [0.2, 0.25) is 0 Å². The van der Waals surface area contributed by atoms with E-state index in [9.17, 15) is 27.2 Å². The molecule has 11 heteroatoms. The third-order valence-electron chi connectivity index (χ3n) is 2.77. The number of nitrogens with zero attached hydrogens (tertiary/aromatic N) is 2. The van der Waals surface area contributed by atoms with E-state index in [1.165, 1.54) is 0 Å². The zero-order chi connectivity index (χ0) is 18.6. The van der Waals surface area contributed by atoms with Gasteiger partial charge in [0.15, 0.2) is 5.17 Å². The Kier molecular flexibility index (Phi) is 5.57. The first-order chi connectivity index (χ1) is 11.7. The number of ether oxygens (including phenoxy) is 1. The average Bonchev–Trinajstić information content (AvgIpc) is 2.87. The van der Waals surface area contributed by atoms with Gasteiger partial charge >= 0.3 is 12.1 Å². The molecule has 132 valence electrons. The summed E-state index contributed by atoms with van der Waals surface area (Å²) in [5, 5.41) is 9.26. The molecule has 1 fully saturated rings. The van der Waals surface area contributed by atoms with E-state index in [1.807, 2.05) is 0 Å². The molecule has 0 bridgehead atoms. The van der Waals surface area contributed by atoms with Crippen LogP contribution in [0.15, 0.2) is 39.4 Å². The molecule has 0 aromatic heterocycles. The van der Waals surface area contributed by atoms with E-state index >= 15 is 0 Å². The van der Waals surface area contributed by atoms with E-state index in [-0.39, 0.29) is 10.1 Å². The monoisotopic (exact) mass is 375 g/mol. The second-order valence-electron chi connectivity index (χ2n) is 4.47. The molecular formula is C14H9F4N3O3S. The van der Waals surface area contributed by atoms with Gasteiger partial charge in [0.05, 0.1) is 23.8 Å². The lowest BCUT2D eigenvalue weighted by Crippen LogP contribution is -2.19. The maximum atomic E-state index is 13.0. The molecule has 25 heavy (non-hydrogen) atoms. The van der Waals surface area contributed by atoms with Crippen LogP contribution in [-0.2, 0) is 20.5 Å². The van der Waals surface area contributed by atoms with Gasteiger partial charge in [-0.25, -0.2) is 9.18 Å². The van der Waals surface area contributed by atoms with E-state index in [4.69, 9.17) is 0 Å².